The van der Waals surface area contributed by atoms with Gasteiger partial charge in [-0.2, -0.15) is 10.2 Å². The molecule has 0 N–H and O–H groups in total. The van der Waals surface area contributed by atoms with E-state index in [9.17, 15) is 8.78 Å². The topological polar surface area (TPSA) is 64.1 Å². The predicted molar refractivity (Wildman–Crippen MR) is 105 cm³/mol. The first kappa shape index (κ1) is 17.7. The molecule has 0 aliphatic carbocycles. The van der Waals surface area contributed by atoms with E-state index < -0.39 is 5.92 Å². The number of fused-ring (bicyclic) bond motifs is 1. The van der Waals surface area contributed by atoms with Crippen LogP contribution in [0.3, 0.4) is 0 Å². The Labute approximate surface area is 165 Å². The quantitative estimate of drug-likeness (QED) is 0.533. The minimum Gasteiger partial charge on any atom is -0.342 e. The van der Waals surface area contributed by atoms with Crippen LogP contribution in [0, 0.1) is 13.8 Å². The number of hydrogen-bond donors (Lipinski definition) is 0. The molecule has 1 aliphatic heterocycles. The number of aromatic nitrogens is 6. The molecule has 4 aromatic rings. The van der Waals surface area contributed by atoms with Crippen LogP contribution in [0.25, 0.3) is 28.0 Å². The molecule has 1 aliphatic rings. The highest BCUT2D eigenvalue weighted by molar-refractivity contribution is 5.92. The fourth-order valence-corrected chi connectivity index (χ4v) is 3.81. The van der Waals surface area contributed by atoms with Gasteiger partial charge in [0, 0.05) is 18.2 Å². The van der Waals surface area contributed by atoms with Crippen LogP contribution in [0.15, 0.2) is 36.8 Å². The van der Waals surface area contributed by atoms with Crippen molar-refractivity contribution in [2.45, 2.75) is 19.8 Å². The molecule has 0 unspecified atom stereocenters. The summed E-state index contributed by atoms with van der Waals surface area (Å²) in [6, 6.07) is 8.15. The zero-order valence-electron chi connectivity index (χ0n) is 16.3. The summed E-state index contributed by atoms with van der Waals surface area (Å²) in [6.07, 6.45) is 3.12. The SMILES string of the molecule is Cc1ccc(-c2c(-c3nc(C)n4ncnc(N5CC(F)(F)C5)c34)cnn2C)cc1. The molecule has 4 heterocycles. The number of hydrogen-bond acceptors (Lipinski definition) is 5. The first-order valence-electron chi connectivity index (χ1n) is 9.26. The van der Waals surface area contributed by atoms with Crippen molar-refractivity contribution in [1.82, 2.24) is 29.4 Å². The van der Waals surface area contributed by atoms with Gasteiger partial charge in [-0.1, -0.05) is 29.8 Å². The lowest BCUT2D eigenvalue weighted by atomic mass is 10.0. The average molecular weight is 395 g/mol. The molecular weight excluding hydrogens is 376 g/mol. The van der Waals surface area contributed by atoms with Gasteiger partial charge < -0.3 is 4.90 Å². The number of imidazole rings is 1. The monoisotopic (exact) mass is 395 g/mol. The number of anilines is 1. The van der Waals surface area contributed by atoms with E-state index in [1.165, 1.54) is 6.33 Å². The Morgan fingerprint density at radius 2 is 1.76 bits per heavy atom. The second-order valence-electron chi connectivity index (χ2n) is 7.46. The molecule has 1 aromatic carbocycles. The zero-order chi connectivity index (χ0) is 20.3. The summed E-state index contributed by atoms with van der Waals surface area (Å²) in [4.78, 5) is 10.6. The minimum absolute atomic E-state index is 0.360. The molecule has 29 heavy (non-hydrogen) atoms. The van der Waals surface area contributed by atoms with Gasteiger partial charge in [-0.3, -0.25) is 4.68 Å². The number of halogens is 2. The van der Waals surface area contributed by atoms with Gasteiger partial charge in [0.05, 0.1) is 25.0 Å². The highest BCUT2D eigenvalue weighted by atomic mass is 19.3. The second-order valence-corrected chi connectivity index (χ2v) is 7.46. The summed E-state index contributed by atoms with van der Waals surface area (Å²) >= 11 is 0. The van der Waals surface area contributed by atoms with Gasteiger partial charge in [0.15, 0.2) is 5.82 Å². The third kappa shape index (κ3) is 2.76. The Hall–Kier alpha value is -3.36. The standard InChI is InChI=1S/C20H19F2N7/c1-12-4-6-14(7-5-12)17-15(8-24-27(17)3)16-18-19(28-9-20(21,22)10-28)23-11-25-29(18)13(2)26-16/h4-8,11H,9-10H2,1-3H3. The third-order valence-corrected chi connectivity index (χ3v) is 5.24. The number of alkyl halides is 2. The van der Waals surface area contributed by atoms with Crippen LogP contribution in [-0.4, -0.2) is 48.4 Å². The summed E-state index contributed by atoms with van der Waals surface area (Å²) in [5.74, 6) is -1.58. The number of aryl methyl sites for hydroxylation is 3. The van der Waals surface area contributed by atoms with Crippen molar-refractivity contribution in [2.24, 2.45) is 7.05 Å². The molecule has 148 valence electrons. The normalized spacial score (nSPS) is 15.7. The van der Waals surface area contributed by atoms with E-state index in [2.05, 4.69) is 15.2 Å². The number of nitrogens with zero attached hydrogens (tertiary/aromatic N) is 7. The molecule has 0 radical (unpaired) electrons. The lowest BCUT2D eigenvalue weighted by Crippen LogP contribution is -2.56. The molecule has 1 fully saturated rings. The molecule has 0 amide bonds. The van der Waals surface area contributed by atoms with Crippen LogP contribution >= 0.6 is 0 Å². The van der Waals surface area contributed by atoms with Crippen molar-refractivity contribution >= 4 is 11.3 Å². The summed E-state index contributed by atoms with van der Waals surface area (Å²) in [6.45, 7) is 3.15. The molecule has 7 nitrogen and oxygen atoms in total. The Morgan fingerprint density at radius 1 is 1.03 bits per heavy atom. The fourth-order valence-electron chi connectivity index (χ4n) is 3.81. The smallest absolute Gasteiger partial charge is 0.282 e. The predicted octanol–water partition coefficient (Wildman–Crippen LogP) is 3.26. The van der Waals surface area contributed by atoms with Gasteiger partial charge in [-0.15, -0.1) is 0 Å². The van der Waals surface area contributed by atoms with Gasteiger partial charge in [0.2, 0.25) is 0 Å². The molecule has 5 rings (SSSR count). The Morgan fingerprint density at radius 3 is 2.45 bits per heavy atom. The van der Waals surface area contributed by atoms with Crippen molar-refractivity contribution in [3.8, 4) is 22.5 Å². The molecule has 0 saturated carbocycles. The van der Waals surface area contributed by atoms with E-state index in [4.69, 9.17) is 4.98 Å². The highest BCUT2D eigenvalue weighted by Crippen LogP contribution is 2.39. The maximum absolute atomic E-state index is 13.5. The first-order valence-corrected chi connectivity index (χ1v) is 9.26. The van der Waals surface area contributed by atoms with Gasteiger partial charge in [0.25, 0.3) is 5.92 Å². The van der Waals surface area contributed by atoms with Crippen LogP contribution in [0.2, 0.25) is 0 Å². The number of benzene rings is 1. The third-order valence-electron chi connectivity index (χ3n) is 5.24. The number of rotatable bonds is 3. The van der Waals surface area contributed by atoms with Gasteiger partial charge in [-0.05, 0) is 13.8 Å². The second kappa shape index (κ2) is 6.07. The summed E-state index contributed by atoms with van der Waals surface area (Å²) in [7, 11) is 1.87. The van der Waals surface area contributed by atoms with Gasteiger partial charge in [0.1, 0.15) is 23.4 Å². The van der Waals surface area contributed by atoms with E-state index in [0.29, 0.717) is 22.9 Å². The van der Waals surface area contributed by atoms with E-state index in [1.807, 2.05) is 45.2 Å². The van der Waals surface area contributed by atoms with E-state index in [1.54, 1.807) is 20.3 Å². The van der Waals surface area contributed by atoms with E-state index in [-0.39, 0.29) is 13.1 Å². The lowest BCUT2D eigenvalue weighted by Gasteiger charge is -2.39. The zero-order valence-corrected chi connectivity index (χ0v) is 16.3. The van der Waals surface area contributed by atoms with E-state index >= 15 is 0 Å². The maximum Gasteiger partial charge on any atom is 0.282 e. The van der Waals surface area contributed by atoms with Gasteiger partial charge in [-0.25, -0.2) is 23.3 Å². The highest BCUT2D eigenvalue weighted by Gasteiger charge is 2.45. The van der Waals surface area contributed by atoms with Crippen LogP contribution < -0.4 is 4.90 Å². The largest absolute Gasteiger partial charge is 0.342 e. The van der Waals surface area contributed by atoms with Gasteiger partial charge >= 0.3 is 0 Å². The van der Waals surface area contributed by atoms with Crippen molar-refractivity contribution in [2.75, 3.05) is 18.0 Å². The van der Waals surface area contributed by atoms with Crippen molar-refractivity contribution in [3.63, 3.8) is 0 Å². The van der Waals surface area contributed by atoms with Crippen LogP contribution in [0.1, 0.15) is 11.4 Å². The molecule has 0 atom stereocenters. The van der Waals surface area contributed by atoms with E-state index in [0.717, 1.165) is 22.4 Å². The first-order chi connectivity index (χ1) is 13.8. The minimum atomic E-state index is -2.70. The van der Waals surface area contributed by atoms with Crippen molar-refractivity contribution in [1.29, 1.82) is 0 Å². The van der Waals surface area contributed by atoms with Crippen LogP contribution in [0.4, 0.5) is 14.6 Å². The molecule has 9 heteroatoms. The van der Waals surface area contributed by atoms with Crippen LogP contribution in [0.5, 0.6) is 0 Å². The molecule has 0 spiro atoms. The van der Waals surface area contributed by atoms with Crippen molar-refractivity contribution in [3.05, 3.63) is 48.2 Å². The molecule has 1 saturated heterocycles. The molecule has 0 bridgehead atoms. The average Bonchev–Trinajstić information content (AvgIpc) is 3.21. The van der Waals surface area contributed by atoms with Crippen molar-refractivity contribution < 1.29 is 8.78 Å². The Kier molecular flexibility index (Phi) is 3.71. The summed E-state index contributed by atoms with van der Waals surface area (Å²) in [5, 5.41) is 8.72. The maximum atomic E-state index is 13.5. The molecule has 3 aromatic heterocycles. The summed E-state index contributed by atoms with van der Waals surface area (Å²) < 4.78 is 30.5. The molecular formula is C20H19F2N7. The summed E-state index contributed by atoms with van der Waals surface area (Å²) in [5.41, 5.74) is 5.12. The van der Waals surface area contributed by atoms with Crippen LogP contribution in [-0.2, 0) is 7.05 Å². The Balaban J connectivity index is 1.72. The lowest BCUT2D eigenvalue weighted by molar-refractivity contribution is -0.0265. The Bertz CT molecular complexity index is 1220. The fraction of sp³-hybridized carbons (Fsp3) is 0.300.